The Labute approximate surface area is 185 Å². The van der Waals surface area contributed by atoms with E-state index in [4.69, 9.17) is 9.47 Å². The predicted molar refractivity (Wildman–Crippen MR) is 114 cm³/mol. The number of nitrogens with zero attached hydrogens (tertiary/aromatic N) is 6. The smallest absolute Gasteiger partial charge is 0.260 e. The molecule has 9 nitrogen and oxygen atoms in total. The number of tetrazole rings is 1. The van der Waals surface area contributed by atoms with Gasteiger partial charge < -0.3 is 14.4 Å². The van der Waals surface area contributed by atoms with Crippen LogP contribution in [0.15, 0.2) is 48.5 Å². The monoisotopic (exact) mass is 440 g/mol. The summed E-state index contributed by atoms with van der Waals surface area (Å²) in [5.74, 6) is 0.963. The molecule has 32 heavy (non-hydrogen) atoms. The molecule has 1 fully saturated rings. The molecule has 4 rings (SSSR count). The average molecular weight is 440 g/mol. The molecule has 0 saturated carbocycles. The number of hydrogen-bond donors (Lipinski definition) is 0. The van der Waals surface area contributed by atoms with Gasteiger partial charge in [-0.2, -0.15) is 4.68 Å². The second-order valence-electron chi connectivity index (χ2n) is 7.31. The number of hydrogen-bond acceptors (Lipinski definition) is 7. The highest BCUT2D eigenvalue weighted by Gasteiger charge is 2.23. The van der Waals surface area contributed by atoms with Crippen LogP contribution in [0.3, 0.4) is 0 Å². The third-order valence-corrected chi connectivity index (χ3v) is 5.20. The van der Waals surface area contributed by atoms with Gasteiger partial charge in [-0.25, -0.2) is 4.39 Å². The van der Waals surface area contributed by atoms with Gasteiger partial charge in [0.05, 0.1) is 18.8 Å². The zero-order chi connectivity index (χ0) is 22.3. The van der Waals surface area contributed by atoms with E-state index >= 15 is 0 Å². The molecule has 2 aromatic carbocycles. The predicted octanol–water partition coefficient (Wildman–Crippen LogP) is 1.92. The van der Waals surface area contributed by atoms with E-state index in [0.717, 1.165) is 17.3 Å². The van der Waals surface area contributed by atoms with E-state index in [9.17, 15) is 9.18 Å². The van der Waals surface area contributed by atoms with Crippen molar-refractivity contribution in [1.29, 1.82) is 0 Å². The first-order chi connectivity index (χ1) is 15.6. The maximum absolute atomic E-state index is 13.6. The third kappa shape index (κ3) is 5.20. The summed E-state index contributed by atoms with van der Waals surface area (Å²) >= 11 is 0. The quantitative estimate of drug-likeness (QED) is 0.529. The van der Waals surface area contributed by atoms with Gasteiger partial charge in [0.25, 0.3) is 5.91 Å². The van der Waals surface area contributed by atoms with Crippen LogP contribution >= 0.6 is 0 Å². The lowest BCUT2D eigenvalue weighted by molar-refractivity contribution is -0.135. The number of para-hydroxylation sites is 1. The van der Waals surface area contributed by atoms with Crippen LogP contribution in [0.25, 0.3) is 5.69 Å². The van der Waals surface area contributed by atoms with Crippen molar-refractivity contribution in [1.82, 2.24) is 30.0 Å². The van der Waals surface area contributed by atoms with Crippen molar-refractivity contribution in [3.8, 4) is 17.2 Å². The Morgan fingerprint density at radius 2 is 1.78 bits per heavy atom. The van der Waals surface area contributed by atoms with Crippen molar-refractivity contribution >= 4 is 5.91 Å². The lowest BCUT2D eigenvalue weighted by Crippen LogP contribution is -2.49. The maximum atomic E-state index is 13.6. The highest BCUT2D eigenvalue weighted by molar-refractivity contribution is 5.77. The zero-order valence-electron chi connectivity index (χ0n) is 17.9. The minimum absolute atomic E-state index is 0.0839. The Hall–Kier alpha value is -3.53. The van der Waals surface area contributed by atoms with Gasteiger partial charge >= 0.3 is 0 Å². The summed E-state index contributed by atoms with van der Waals surface area (Å²) in [4.78, 5) is 16.4. The fourth-order valence-electron chi connectivity index (χ4n) is 3.50. The Morgan fingerprint density at radius 1 is 1.03 bits per heavy atom. The molecule has 10 heteroatoms. The van der Waals surface area contributed by atoms with Gasteiger partial charge in [0.15, 0.2) is 24.0 Å². The lowest BCUT2D eigenvalue weighted by atomic mass is 10.3. The van der Waals surface area contributed by atoms with E-state index in [2.05, 4.69) is 20.4 Å². The molecule has 0 unspecified atom stereocenters. The molecule has 0 atom stereocenters. The average Bonchev–Trinajstić information content (AvgIpc) is 3.27. The molecule has 3 aromatic rings. The largest absolute Gasteiger partial charge is 0.494 e. The zero-order valence-corrected chi connectivity index (χ0v) is 17.9. The van der Waals surface area contributed by atoms with Gasteiger partial charge in [-0.3, -0.25) is 9.69 Å². The molecule has 0 aliphatic carbocycles. The molecule has 1 aliphatic rings. The Morgan fingerprint density at radius 3 is 2.50 bits per heavy atom. The molecule has 2 heterocycles. The number of ether oxygens (including phenoxy) is 2. The van der Waals surface area contributed by atoms with Crippen LogP contribution in [0.1, 0.15) is 12.7 Å². The first-order valence-electron chi connectivity index (χ1n) is 10.5. The second kappa shape index (κ2) is 10.2. The highest BCUT2D eigenvalue weighted by atomic mass is 19.1. The van der Waals surface area contributed by atoms with Crippen molar-refractivity contribution in [3.63, 3.8) is 0 Å². The van der Waals surface area contributed by atoms with Crippen molar-refractivity contribution < 1.29 is 18.7 Å². The van der Waals surface area contributed by atoms with Crippen LogP contribution < -0.4 is 9.47 Å². The Bertz CT molecular complexity index is 1030. The summed E-state index contributed by atoms with van der Waals surface area (Å²) in [7, 11) is 0. The summed E-state index contributed by atoms with van der Waals surface area (Å²) in [6.45, 7) is 5.41. The van der Waals surface area contributed by atoms with E-state index in [1.807, 2.05) is 31.2 Å². The number of piperazine rings is 1. The number of benzene rings is 2. The van der Waals surface area contributed by atoms with E-state index in [0.29, 0.717) is 39.3 Å². The van der Waals surface area contributed by atoms with Crippen LogP contribution in [0.4, 0.5) is 4.39 Å². The van der Waals surface area contributed by atoms with Gasteiger partial charge in [-0.05, 0) is 53.7 Å². The minimum Gasteiger partial charge on any atom is -0.494 e. The number of aromatic nitrogens is 4. The van der Waals surface area contributed by atoms with Crippen LogP contribution in [-0.4, -0.2) is 75.3 Å². The Balaban J connectivity index is 1.29. The molecule has 168 valence electrons. The molecule has 1 aliphatic heterocycles. The van der Waals surface area contributed by atoms with Crippen molar-refractivity contribution in [3.05, 3.63) is 60.2 Å². The summed E-state index contributed by atoms with van der Waals surface area (Å²) in [5.41, 5.74) is 0.854. The van der Waals surface area contributed by atoms with Crippen molar-refractivity contribution in [2.24, 2.45) is 0 Å². The number of rotatable bonds is 8. The van der Waals surface area contributed by atoms with Crippen LogP contribution in [0.5, 0.6) is 11.5 Å². The summed E-state index contributed by atoms with van der Waals surface area (Å²) in [5, 5.41) is 12.1. The Kier molecular flexibility index (Phi) is 6.90. The highest BCUT2D eigenvalue weighted by Crippen LogP contribution is 2.17. The molecule has 1 amide bonds. The maximum Gasteiger partial charge on any atom is 0.260 e. The molecule has 0 N–H and O–H groups in total. The van der Waals surface area contributed by atoms with Crippen LogP contribution in [0.2, 0.25) is 0 Å². The van der Waals surface area contributed by atoms with Gasteiger partial charge in [-0.1, -0.05) is 12.1 Å². The lowest BCUT2D eigenvalue weighted by Gasteiger charge is -2.34. The number of carbonyl (C=O) groups is 1. The molecule has 1 saturated heterocycles. The molecule has 0 radical (unpaired) electrons. The third-order valence-electron chi connectivity index (χ3n) is 5.20. The van der Waals surface area contributed by atoms with E-state index in [1.165, 1.54) is 12.1 Å². The summed E-state index contributed by atoms with van der Waals surface area (Å²) < 4.78 is 26.2. The number of carbonyl (C=O) groups excluding carboxylic acids is 1. The van der Waals surface area contributed by atoms with E-state index in [-0.39, 0.29) is 18.3 Å². The van der Waals surface area contributed by atoms with Crippen molar-refractivity contribution in [2.75, 3.05) is 39.4 Å². The molecule has 1 aromatic heterocycles. The van der Waals surface area contributed by atoms with Crippen LogP contribution in [0, 0.1) is 5.82 Å². The normalized spacial score (nSPS) is 14.4. The summed E-state index contributed by atoms with van der Waals surface area (Å²) in [6.07, 6.45) is 0. The molecule has 0 bridgehead atoms. The first-order valence-corrected chi connectivity index (χ1v) is 10.5. The topological polar surface area (TPSA) is 85.6 Å². The first kappa shape index (κ1) is 21.7. The van der Waals surface area contributed by atoms with Gasteiger partial charge in [0, 0.05) is 26.2 Å². The number of halogens is 1. The number of amides is 1. The second-order valence-corrected chi connectivity index (χ2v) is 7.31. The molecule has 0 spiro atoms. The van der Waals surface area contributed by atoms with Gasteiger partial charge in [0.1, 0.15) is 5.75 Å². The SMILES string of the molecule is CCOc1ccc(-n2nnnc2CN2CCN(C(=O)COc3ccccc3F)CC2)cc1. The fraction of sp³-hybridized carbons (Fsp3) is 0.364. The van der Waals surface area contributed by atoms with Gasteiger partial charge in [-0.15, -0.1) is 5.10 Å². The van der Waals surface area contributed by atoms with E-state index < -0.39 is 5.82 Å². The summed E-state index contributed by atoms with van der Waals surface area (Å²) in [6, 6.07) is 13.7. The van der Waals surface area contributed by atoms with Crippen molar-refractivity contribution in [2.45, 2.75) is 13.5 Å². The molecular weight excluding hydrogens is 415 g/mol. The standard InChI is InChI=1S/C22H25FN6O3/c1-2-31-18-9-7-17(8-10-18)29-21(24-25-26-29)15-27-11-13-28(14-12-27)22(30)16-32-20-6-4-3-5-19(20)23/h3-10H,2,11-16H2,1H3. The molecular formula is C22H25FN6O3. The fourth-order valence-corrected chi connectivity index (χ4v) is 3.50. The van der Waals surface area contributed by atoms with E-state index in [1.54, 1.807) is 21.7 Å². The minimum atomic E-state index is -0.477. The van der Waals surface area contributed by atoms with Gasteiger partial charge in [0.2, 0.25) is 0 Å². The van der Waals surface area contributed by atoms with Crippen LogP contribution in [-0.2, 0) is 11.3 Å².